The Balaban J connectivity index is 1.70. The average Bonchev–Trinajstić information content (AvgIpc) is 3.33. The SMILES string of the molecule is CC(C)NC(=O)c1sc2ccccc2c1[C@@H]1CCN(S(=O)(=O)c2ccccc2)C1. The van der Waals surface area contributed by atoms with Gasteiger partial charge in [0.15, 0.2) is 0 Å². The topological polar surface area (TPSA) is 66.5 Å². The maximum absolute atomic E-state index is 13.0. The van der Waals surface area contributed by atoms with Gasteiger partial charge in [0.2, 0.25) is 10.0 Å². The predicted octanol–water partition coefficient (Wildman–Crippen LogP) is 4.22. The molecule has 0 radical (unpaired) electrons. The van der Waals surface area contributed by atoms with Gasteiger partial charge in [-0.25, -0.2) is 8.42 Å². The van der Waals surface area contributed by atoms with Gasteiger partial charge in [0.05, 0.1) is 9.77 Å². The molecule has 7 heteroatoms. The van der Waals surface area contributed by atoms with Crippen LogP contribution in [0.5, 0.6) is 0 Å². The Morgan fingerprint density at radius 1 is 1.10 bits per heavy atom. The first kappa shape index (κ1) is 20.1. The highest BCUT2D eigenvalue weighted by Crippen LogP contribution is 2.41. The number of thiophene rings is 1. The lowest BCUT2D eigenvalue weighted by Gasteiger charge is -2.17. The number of rotatable bonds is 5. The van der Waals surface area contributed by atoms with Crippen LogP contribution in [0.2, 0.25) is 0 Å². The molecule has 2 heterocycles. The molecule has 1 saturated heterocycles. The molecule has 1 N–H and O–H groups in total. The van der Waals surface area contributed by atoms with E-state index < -0.39 is 10.0 Å². The van der Waals surface area contributed by atoms with Crippen LogP contribution >= 0.6 is 11.3 Å². The van der Waals surface area contributed by atoms with E-state index in [0.717, 1.165) is 15.6 Å². The number of nitrogens with zero attached hydrogens (tertiary/aromatic N) is 1. The summed E-state index contributed by atoms with van der Waals surface area (Å²) in [6.07, 6.45) is 0.703. The highest BCUT2D eigenvalue weighted by molar-refractivity contribution is 7.89. The van der Waals surface area contributed by atoms with Gasteiger partial charge in [-0.05, 0) is 49.4 Å². The summed E-state index contributed by atoms with van der Waals surface area (Å²) in [4.78, 5) is 13.9. The number of carbonyl (C=O) groups is 1. The van der Waals surface area contributed by atoms with Gasteiger partial charge < -0.3 is 5.32 Å². The van der Waals surface area contributed by atoms with Crippen LogP contribution in [-0.2, 0) is 10.0 Å². The number of carbonyl (C=O) groups excluding carboxylic acids is 1. The number of sulfonamides is 1. The normalized spacial score (nSPS) is 17.8. The average molecular weight is 429 g/mol. The Morgan fingerprint density at radius 2 is 1.79 bits per heavy atom. The van der Waals surface area contributed by atoms with Crippen molar-refractivity contribution in [1.29, 1.82) is 0 Å². The molecular weight excluding hydrogens is 404 g/mol. The molecular formula is C22H24N2O3S2. The summed E-state index contributed by atoms with van der Waals surface area (Å²) in [5.41, 5.74) is 0.981. The van der Waals surface area contributed by atoms with Crippen molar-refractivity contribution in [1.82, 2.24) is 9.62 Å². The molecule has 1 fully saturated rings. The molecule has 3 aromatic rings. The lowest BCUT2D eigenvalue weighted by Crippen LogP contribution is -2.31. The quantitative estimate of drug-likeness (QED) is 0.662. The first-order chi connectivity index (χ1) is 13.9. The first-order valence-electron chi connectivity index (χ1n) is 9.75. The van der Waals surface area contributed by atoms with Gasteiger partial charge in [0.1, 0.15) is 0 Å². The maximum Gasteiger partial charge on any atom is 0.261 e. The minimum Gasteiger partial charge on any atom is -0.349 e. The molecule has 152 valence electrons. The Labute approximate surface area is 175 Å². The number of fused-ring (bicyclic) bond motifs is 1. The molecule has 1 aliphatic rings. The number of nitrogens with one attached hydrogen (secondary N) is 1. The molecule has 1 amide bonds. The summed E-state index contributed by atoms with van der Waals surface area (Å²) in [5.74, 6) is -0.0851. The second kappa shape index (κ2) is 7.89. The standard InChI is InChI=1S/C22H24N2O3S2/c1-15(2)23-22(25)21-20(18-10-6-7-11-19(18)28-21)16-12-13-24(14-16)29(26,27)17-8-4-3-5-9-17/h3-11,15-16H,12-14H2,1-2H3,(H,23,25)/t16-/m1/s1. The zero-order valence-electron chi connectivity index (χ0n) is 16.5. The maximum atomic E-state index is 13.0. The van der Waals surface area contributed by atoms with Crippen molar-refractivity contribution < 1.29 is 13.2 Å². The molecule has 1 atom stereocenters. The van der Waals surface area contributed by atoms with Gasteiger partial charge >= 0.3 is 0 Å². The van der Waals surface area contributed by atoms with Crippen molar-refractivity contribution in [2.45, 2.75) is 37.1 Å². The van der Waals surface area contributed by atoms with Crippen molar-refractivity contribution in [3.8, 4) is 0 Å². The van der Waals surface area contributed by atoms with Crippen molar-refractivity contribution in [3.63, 3.8) is 0 Å². The van der Waals surface area contributed by atoms with Crippen LogP contribution in [0.4, 0.5) is 0 Å². The van der Waals surface area contributed by atoms with E-state index in [9.17, 15) is 13.2 Å². The third kappa shape index (κ3) is 3.82. The number of amides is 1. The Hall–Kier alpha value is -2.22. The zero-order chi connectivity index (χ0) is 20.6. The van der Waals surface area contributed by atoms with Crippen LogP contribution in [0, 0.1) is 0 Å². The molecule has 1 aromatic heterocycles. The van der Waals surface area contributed by atoms with E-state index in [4.69, 9.17) is 0 Å². The molecule has 0 saturated carbocycles. The highest BCUT2D eigenvalue weighted by Gasteiger charge is 2.36. The number of benzene rings is 2. The molecule has 4 rings (SSSR count). The minimum atomic E-state index is -3.53. The van der Waals surface area contributed by atoms with E-state index in [-0.39, 0.29) is 17.9 Å². The van der Waals surface area contributed by atoms with E-state index in [1.54, 1.807) is 28.6 Å². The van der Waals surface area contributed by atoms with E-state index in [2.05, 4.69) is 5.32 Å². The fourth-order valence-electron chi connectivity index (χ4n) is 3.89. The predicted molar refractivity (Wildman–Crippen MR) is 117 cm³/mol. The van der Waals surface area contributed by atoms with Crippen molar-refractivity contribution in [2.24, 2.45) is 0 Å². The largest absolute Gasteiger partial charge is 0.349 e. The van der Waals surface area contributed by atoms with Crippen LogP contribution in [0.25, 0.3) is 10.1 Å². The number of hydrogen-bond donors (Lipinski definition) is 1. The summed E-state index contributed by atoms with van der Waals surface area (Å²) >= 11 is 1.49. The minimum absolute atomic E-state index is 0.00227. The lowest BCUT2D eigenvalue weighted by atomic mass is 9.95. The molecule has 1 aliphatic heterocycles. The summed E-state index contributed by atoms with van der Waals surface area (Å²) in [6.45, 7) is 4.72. The van der Waals surface area contributed by atoms with E-state index >= 15 is 0 Å². The fourth-order valence-corrected chi connectivity index (χ4v) is 6.60. The van der Waals surface area contributed by atoms with E-state index in [1.165, 1.54) is 11.3 Å². The van der Waals surface area contributed by atoms with Gasteiger partial charge in [-0.15, -0.1) is 11.3 Å². The van der Waals surface area contributed by atoms with Crippen LogP contribution in [0.15, 0.2) is 59.5 Å². The molecule has 0 spiro atoms. The fraction of sp³-hybridized carbons (Fsp3) is 0.318. The van der Waals surface area contributed by atoms with Gasteiger partial charge in [-0.2, -0.15) is 4.31 Å². The second-order valence-electron chi connectivity index (χ2n) is 7.63. The molecule has 0 aliphatic carbocycles. The highest BCUT2D eigenvalue weighted by atomic mass is 32.2. The monoisotopic (exact) mass is 428 g/mol. The zero-order valence-corrected chi connectivity index (χ0v) is 18.1. The summed E-state index contributed by atoms with van der Waals surface area (Å²) in [7, 11) is -3.53. The van der Waals surface area contributed by atoms with Crippen LogP contribution in [0.3, 0.4) is 0 Å². The molecule has 0 unspecified atom stereocenters. The molecule has 2 aromatic carbocycles. The summed E-state index contributed by atoms with van der Waals surface area (Å²) < 4.78 is 28.7. The Morgan fingerprint density at radius 3 is 2.52 bits per heavy atom. The van der Waals surface area contributed by atoms with Crippen molar-refractivity contribution in [3.05, 3.63) is 65.0 Å². The van der Waals surface area contributed by atoms with Gasteiger partial charge in [-0.3, -0.25) is 4.79 Å². The summed E-state index contributed by atoms with van der Waals surface area (Å²) in [6, 6.07) is 16.6. The molecule has 0 bridgehead atoms. The van der Waals surface area contributed by atoms with E-state index in [0.29, 0.717) is 29.3 Å². The van der Waals surface area contributed by atoms with E-state index in [1.807, 2.05) is 44.2 Å². The van der Waals surface area contributed by atoms with Crippen LogP contribution in [0.1, 0.15) is 41.4 Å². The van der Waals surface area contributed by atoms with Crippen LogP contribution < -0.4 is 5.32 Å². The summed E-state index contributed by atoms with van der Waals surface area (Å²) in [5, 5.41) is 4.04. The van der Waals surface area contributed by atoms with Crippen molar-refractivity contribution >= 4 is 37.4 Å². The second-order valence-corrected chi connectivity index (χ2v) is 10.6. The first-order valence-corrected chi connectivity index (χ1v) is 12.0. The third-order valence-corrected chi connectivity index (χ3v) is 8.26. The van der Waals surface area contributed by atoms with Gasteiger partial charge in [0, 0.05) is 29.7 Å². The number of hydrogen-bond acceptors (Lipinski definition) is 4. The molecule has 5 nitrogen and oxygen atoms in total. The smallest absolute Gasteiger partial charge is 0.261 e. The van der Waals surface area contributed by atoms with Crippen LogP contribution in [-0.4, -0.2) is 37.8 Å². The van der Waals surface area contributed by atoms with Gasteiger partial charge in [0.25, 0.3) is 5.91 Å². The van der Waals surface area contributed by atoms with Crippen molar-refractivity contribution in [2.75, 3.05) is 13.1 Å². The lowest BCUT2D eigenvalue weighted by molar-refractivity contribution is 0.0946. The third-order valence-electron chi connectivity index (χ3n) is 5.20. The van der Waals surface area contributed by atoms with Gasteiger partial charge in [-0.1, -0.05) is 36.4 Å². The Kier molecular flexibility index (Phi) is 5.46. The molecule has 29 heavy (non-hydrogen) atoms. The Bertz CT molecular complexity index is 1140.